The van der Waals surface area contributed by atoms with Crippen LogP contribution >= 0.6 is 11.6 Å². The van der Waals surface area contributed by atoms with Crippen LogP contribution in [0.5, 0.6) is 0 Å². The van der Waals surface area contributed by atoms with Crippen LogP contribution in [0.2, 0.25) is 5.02 Å². The van der Waals surface area contributed by atoms with Crippen molar-refractivity contribution in [2.24, 2.45) is 0 Å². The molecule has 0 amide bonds. The largest absolute Gasteiger partial charge is 0.370 e. The summed E-state index contributed by atoms with van der Waals surface area (Å²) < 4.78 is 0. The van der Waals surface area contributed by atoms with Crippen LogP contribution in [0.1, 0.15) is 78.7 Å². The summed E-state index contributed by atoms with van der Waals surface area (Å²) in [6.07, 6.45) is 5.12. The lowest BCUT2D eigenvalue weighted by atomic mass is 9.98. The molecule has 2 heteroatoms. The van der Waals surface area contributed by atoms with Gasteiger partial charge in [0.2, 0.25) is 0 Å². The van der Waals surface area contributed by atoms with Gasteiger partial charge in [-0.05, 0) is 49.3 Å². The molecule has 0 aliphatic carbocycles. The molecule has 21 heavy (non-hydrogen) atoms. The van der Waals surface area contributed by atoms with Crippen LogP contribution in [0.25, 0.3) is 0 Å². The molecule has 2 rings (SSSR count). The minimum absolute atomic E-state index is 0.600. The molecule has 122 valence electrons. The van der Waals surface area contributed by atoms with Gasteiger partial charge >= 0.3 is 0 Å². The number of piperidine rings is 1. The lowest BCUT2D eigenvalue weighted by Gasteiger charge is -2.30. The standard InChI is InChI=1S/C15H22ClN.2C2H6/c1-3-12(2)13-7-8-15(14(16)11-13)17-9-5-4-6-10-17;2*1-2/h7-8,11-12H,3-6,9-10H2,1-2H3;2*1-2H3. The molecule has 1 nitrogen and oxygen atoms in total. The van der Waals surface area contributed by atoms with E-state index in [9.17, 15) is 0 Å². The average molecular weight is 312 g/mol. The Morgan fingerprint density at radius 2 is 1.62 bits per heavy atom. The quantitative estimate of drug-likeness (QED) is 0.587. The second-order valence-corrected chi connectivity index (χ2v) is 5.48. The zero-order valence-corrected chi connectivity index (χ0v) is 15.6. The van der Waals surface area contributed by atoms with E-state index in [1.807, 2.05) is 27.7 Å². The third-order valence-corrected chi connectivity index (χ3v) is 4.15. The number of rotatable bonds is 3. The molecule has 0 N–H and O–H groups in total. The molecule has 1 saturated heterocycles. The highest BCUT2D eigenvalue weighted by Crippen LogP contribution is 2.31. The molecule has 1 atom stereocenters. The topological polar surface area (TPSA) is 3.24 Å². The summed E-state index contributed by atoms with van der Waals surface area (Å²) in [4.78, 5) is 2.42. The van der Waals surface area contributed by atoms with Crippen molar-refractivity contribution in [1.82, 2.24) is 0 Å². The van der Waals surface area contributed by atoms with E-state index in [1.165, 1.54) is 36.9 Å². The summed E-state index contributed by atoms with van der Waals surface area (Å²) in [6.45, 7) is 14.8. The minimum Gasteiger partial charge on any atom is -0.370 e. The number of benzene rings is 1. The lowest BCUT2D eigenvalue weighted by molar-refractivity contribution is 0.578. The summed E-state index contributed by atoms with van der Waals surface area (Å²) >= 11 is 6.42. The molecule has 1 unspecified atom stereocenters. The molecule has 0 aromatic heterocycles. The summed E-state index contributed by atoms with van der Waals surface area (Å²) in [5.41, 5.74) is 2.58. The lowest BCUT2D eigenvalue weighted by Crippen LogP contribution is -2.29. The van der Waals surface area contributed by atoms with Gasteiger partial charge in [-0.3, -0.25) is 0 Å². The normalized spacial score (nSPS) is 15.3. The van der Waals surface area contributed by atoms with E-state index in [-0.39, 0.29) is 0 Å². The second-order valence-electron chi connectivity index (χ2n) is 5.07. The number of nitrogens with zero attached hydrogens (tertiary/aromatic N) is 1. The molecule has 1 aromatic rings. The Morgan fingerprint density at radius 3 is 2.10 bits per heavy atom. The summed E-state index contributed by atoms with van der Waals surface area (Å²) in [5.74, 6) is 0.600. The minimum atomic E-state index is 0.600. The van der Waals surface area contributed by atoms with Crippen LogP contribution in [-0.2, 0) is 0 Å². The predicted molar refractivity (Wildman–Crippen MR) is 98.9 cm³/mol. The average Bonchev–Trinajstić information content (AvgIpc) is 2.58. The van der Waals surface area contributed by atoms with Gasteiger partial charge in [0.15, 0.2) is 0 Å². The van der Waals surface area contributed by atoms with Crippen molar-refractivity contribution in [2.75, 3.05) is 18.0 Å². The molecular formula is C19H34ClN. The Morgan fingerprint density at radius 1 is 1.05 bits per heavy atom. The first-order valence-electron chi connectivity index (χ1n) is 8.76. The molecular weight excluding hydrogens is 278 g/mol. The number of hydrogen-bond acceptors (Lipinski definition) is 1. The Balaban J connectivity index is 0.000000921. The van der Waals surface area contributed by atoms with Gasteiger partial charge in [-0.15, -0.1) is 0 Å². The molecule has 1 heterocycles. The van der Waals surface area contributed by atoms with Crippen LogP contribution in [0, 0.1) is 0 Å². The smallest absolute Gasteiger partial charge is 0.0642 e. The van der Waals surface area contributed by atoms with Crippen LogP contribution < -0.4 is 4.90 Å². The highest BCUT2D eigenvalue weighted by atomic mass is 35.5. The molecule has 0 bridgehead atoms. The van der Waals surface area contributed by atoms with Gasteiger partial charge in [-0.1, -0.05) is 59.2 Å². The highest BCUT2D eigenvalue weighted by Gasteiger charge is 2.14. The van der Waals surface area contributed by atoms with Crippen molar-refractivity contribution in [2.45, 2.75) is 73.1 Å². The van der Waals surface area contributed by atoms with Gasteiger partial charge < -0.3 is 4.90 Å². The third-order valence-electron chi connectivity index (χ3n) is 3.85. The molecule has 1 aliphatic heterocycles. The van der Waals surface area contributed by atoms with E-state index in [2.05, 4.69) is 36.9 Å². The van der Waals surface area contributed by atoms with Gasteiger partial charge in [0, 0.05) is 13.1 Å². The van der Waals surface area contributed by atoms with Crippen molar-refractivity contribution in [3.63, 3.8) is 0 Å². The summed E-state index contributed by atoms with van der Waals surface area (Å²) in [5, 5.41) is 0.921. The second kappa shape index (κ2) is 11.9. The van der Waals surface area contributed by atoms with Crippen LogP contribution in [0.4, 0.5) is 5.69 Å². The SMILES string of the molecule is CC.CC.CCC(C)c1ccc(N2CCCCC2)c(Cl)c1. The maximum Gasteiger partial charge on any atom is 0.0642 e. The predicted octanol–water partition coefficient (Wildman–Crippen LogP) is 6.90. The number of anilines is 1. The fourth-order valence-corrected chi connectivity index (χ4v) is 2.77. The molecule has 0 saturated carbocycles. The van der Waals surface area contributed by atoms with Crippen molar-refractivity contribution < 1.29 is 0 Å². The summed E-state index contributed by atoms with van der Waals surface area (Å²) in [6, 6.07) is 6.60. The fourth-order valence-electron chi connectivity index (χ4n) is 2.46. The van der Waals surface area contributed by atoms with Crippen molar-refractivity contribution in [1.29, 1.82) is 0 Å². The van der Waals surface area contributed by atoms with Gasteiger partial charge in [0.25, 0.3) is 0 Å². The van der Waals surface area contributed by atoms with Gasteiger partial charge in [-0.25, -0.2) is 0 Å². The van der Waals surface area contributed by atoms with Crippen LogP contribution in [0.15, 0.2) is 18.2 Å². The Kier molecular flexibility index (Phi) is 11.5. The maximum atomic E-state index is 6.42. The Hall–Kier alpha value is -0.690. The molecule has 1 aromatic carbocycles. The first-order chi connectivity index (χ1) is 10.2. The number of halogens is 1. The monoisotopic (exact) mass is 311 g/mol. The van der Waals surface area contributed by atoms with E-state index < -0.39 is 0 Å². The van der Waals surface area contributed by atoms with E-state index in [1.54, 1.807) is 0 Å². The Labute approximate surface area is 137 Å². The van der Waals surface area contributed by atoms with Crippen molar-refractivity contribution >= 4 is 17.3 Å². The van der Waals surface area contributed by atoms with Crippen LogP contribution in [-0.4, -0.2) is 13.1 Å². The Bertz CT molecular complexity index is 370. The van der Waals surface area contributed by atoms with Gasteiger partial charge in [-0.2, -0.15) is 0 Å². The third kappa shape index (κ3) is 6.30. The van der Waals surface area contributed by atoms with E-state index >= 15 is 0 Å². The van der Waals surface area contributed by atoms with Crippen LogP contribution in [0.3, 0.4) is 0 Å². The van der Waals surface area contributed by atoms with Gasteiger partial charge in [0.1, 0.15) is 0 Å². The van der Waals surface area contributed by atoms with Crippen molar-refractivity contribution in [3.05, 3.63) is 28.8 Å². The molecule has 1 fully saturated rings. The first-order valence-corrected chi connectivity index (χ1v) is 9.14. The zero-order valence-electron chi connectivity index (χ0n) is 14.9. The molecule has 0 radical (unpaired) electrons. The number of hydrogen-bond donors (Lipinski definition) is 0. The van der Waals surface area contributed by atoms with Crippen molar-refractivity contribution in [3.8, 4) is 0 Å². The van der Waals surface area contributed by atoms with E-state index in [4.69, 9.17) is 11.6 Å². The molecule has 0 spiro atoms. The van der Waals surface area contributed by atoms with E-state index in [0.717, 1.165) is 18.1 Å². The van der Waals surface area contributed by atoms with Gasteiger partial charge in [0.05, 0.1) is 10.7 Å². The zero-order chi connectivity index (χ0) is 16.3. The fraction of sp³-hybridized carbons (Fsp3) is 0.684. The molecule has 1 aliphatic rings. The highest BCUT2D eigenvalue weighted by molar-refractivity contribution is 6.33. The first kappa shape index (κ1) is 20.3. The summed E-state index contributed by atoms with van der Waals surface area (Å²) in [7, 11) is 0. The maximum absolute atomic E-state index is 6.42. The van der Waals surface area contributed by atoms with E-state index in [0.29, 0.717) is 5.92 Å².